The van der Waals surface area contributed by atoms with Crippen molar-refractivity contribution >= 4 is 24.0 Å². The molecule has 1 N–H and O–H groups in total. The van der Waals surface area contributed by atoms with Crippen molar-refractivity contribution in [3.8, 4) is 0 Å². The second-order valence-corrected chi connectivity index (χ2v) is 8.63. The number of aryl methyl sites for hydroxylation is 1. The number of carbonyl (C=O) groups is 1. The number of hydrogen-bond acceptors (Lipinski definition) is 5. The van der Waals surface area contributed by atoms with Crippen molar-refractivity contribution in [3.63, 3.8) is 0 Å². The number of amides is 1. The minimum absolute atomic E-state index is 0. The van der Waals surface area contributed by atoms with Gasteiger partial charge in [-0.15, -0.1) is 12.4 Å². The number of halogens is 4. The summed E-state index contributed by atoms with van der Waals surface area (Å²) in [7, 11) is 0. The van der Waals surface area contributed by atoms with Gasteiger partial charge < -0.3 is 15.1 Å². The lowest BCUT2D eigenvalue weighted by Crippen LogP contribution is -2.48. The van der Waals surface area contributed by atoms with Crippen molar-refractivity contribution in [1.29, 1.82) is 0 Å². The SMILES string of the molecule is Cc1nc2c(c3c1CNCC3)CN(C(=O)CC1CN(c3ccc(C(F)(F)F)nc3)C1)C2.Cl. The summed E-state index contributed by atoms with van der Waals surface area (Å²) in [5, 5.41) is 3.39. The van der Waals surface area contributed by atoms with Crippen LogP contribution in [0.2, 0.25) is 0 Å². The summed E-state index contributed by atoms with van der Waals surface area (Å²) < 4.78 is 38.0. The number of hydrogen-bond donors (Lipinski definition) is 1. The zero-order valence-corrected chi connectivity index (χ0v) is 18.5. The number of anilines is 1. The van der Waals surface area contributed by atoms with Crippen molar-refractivity contribution in [3.05, 3.63) is 52.1 Å². The lowest BCUT2D eigenvalue weighted by Gasteiger charge is -2.41. The number of rotatable bonds is 3. The van der Waals surface area contributed by atoms with E-state index in [4.69, 9.17) is 4.98 Å². The summed E-state index contributed by atoms with van der Waals surface area (Å²) in [6.45, 7) is 6.32. The molecule has 1 saturated heterocycles. The zero-order chi connectivity index (χ0) is 21.8. The molecule has 2 aromatic rings. The average molecular weight is 468 g/mol. The Balaban J connectivity index is 0.00000245. The summed E-state index contributed by atoms with van der Waals surface area (Å²) in [5.41, 5.74) is 5.71. The van der Waals surface area contributed by atoms with Gasteiger partial charge in [0.05, 0.1) is 24.1 Å². The van der Waals surface area contributed by atoms with Crippen LogP contribution >= 0.6 is 12.4 Å². The number of nitrogens with one attached hydrogen (secondary N) is 1. The molecule has 6 nitrogen and oxygen atoms in total. The van der Waals surface area contributed by atoms with Crippen LogP contribution in [0.4, 0.5) is 18.9 Å². The van der Waals surface area contributed by atoms with Gasteiger partial charge in [0.1, 0.15) is 5.69 Å². The Kier molecular flexibility index (Phi) is 6.06. The number of pyridine rings is 2. The second kappa shape index (κ2) is 8.51. The van der Waals surface area contributed by atoms with Crippen LogP contribution in [0.1, 0.15) is 40.2 Å². The van der Waals surface area contributed by atoms with Crippen LogP contribution in [0.3, 0.4) is 0 Å². The topological polar surface area (TPSA) is 61.4 Å². The molecule has 1 amide bonds. The molecule has 0 spiro atoms. The first-order chi connectivity index (χ1) is 14.8. The minimum Gasteiger partial charge on any atom is -0.370 e. The van der Waals surface area contributed by atoms with E-state index < -0.39 is 11.9 Å². The maximum atomic E-state index is 12.9. The van der Waals surface area contributed by atoms with Gasteiger partial charge in [0, 0.05) is 44.2 Å². The number of carbonyl (C=O) groups excluding carboxylic acids is 1. The van der Waals surface area contributed by atoms with Crippen LogP contribution in [0, 0.1) is 12.8 Å². The smallest absolute Gasteiger partial charge is 0.370 e. The standard InChI is InChI=1S/C22H24F3N5O.ClH/c1-13-17-8-26-5-4-16(17)18-11-30(12-19(18)28-13)21(31)6-14-9-29(10-14)15-2-3-20(27-7-15)22(23,24)25;/h2-3,7,14,26H,4-6,8-12H2,1H3;1H. The molecule has 1 fully saturated rings. The maximum Gasteiger partial charge on any atom is 0.433 e. The normalized spacial score (nSPS) is 18.0. The molecule has 3 aliphatic heterocycles. The fourth-order valence-electron chi connectivity index (χ4n) is 4.82. The summed E-state index contributed by atoms with van der Waals surface area (Å²) in [5.74, 6) is 0.319. The first-order valence-corrected chi connectivity index (χ1v) is 10.6. The Hall–Kier alpha value is -2.39. The molecule has 5 heterocycles. The quantitative estimate of drug-likeness (QED) is 0.751. The molecule has 0 aliphatic carbocycles. The Morgan fingerprint density at radius 2 is 1.97 bits per heavy atom. The number of alkyl halides is 3. The first kappa shape index (κ1) is 22.8. The van der Waals surface area contributed by atoms with Gasteiger partial charge in [-0.05, 0) is 48.7 Å². The number of nitrogens with zero attached hydrogens (tertiary/aromatic N) is 4. The molecule has 0 bridgehead atoms. The molecule has 0 radical (unpaired) electrons. The molecule has 0 atom stereocenters. The highest BCUT2D eigenvalue weighted by Crippen LogP contribution is 2.33. The van der Waals surface area contributed by atoms with E-state index in [-0.39, 0.29) is 24.2 Å². The van der Waals surface area contributed by atoms with E-state index in [0.717, 1.165) is 37.0 Å². The third-order valence-electron chi connectivity index (χ3n) is 6.54. The van der Waals surface area contributed by atoms with Gasteiger partial charge in [0.15, 0.2) is 0 Å². The van der Waals surface area contributed by atoms with Gasteiger partial charge in [-0.1, -0.05) is 0 Å². The van der Waals surface area contributed by atoms with Crippen molar-refractivity contribution in [2.45, 2.75) is 45.6 Å². The van der Waals surface area contributed by atoms with Crippen molar-refractivity contribution in [2.24, 2.45) is 5.92 Å². The van der Waals surface area contributed by atoms with E-state index in [1.807, 2.05) is 16.7 Å². The van der Waals surface area contributed by atoms with Gasteiger partial charge in [0.25, 0.3) is 0 Å². The predicted molar refractivity (Wildman–Crippen MR) is 115 cm³/mol. The van der Waals surface area contributed by atoms with Crippen molar-refractivity contribution < 1.29 is 18.0 Å². The highest BCUT2D eigenvalue weighted by molar-refractivity contribution is 5.85. The monoisotopic (exact) mass is 467 g/mol. The molecule has 3 aliphatic rings. The lowest BCUT2D eigenvalue weighted by molar-refractivity contribution is -0.141. The van der Waals surface area contributed by atoms with E-state index in [1.165, 1.54) is 29.0 Å². The van der Waals surface area contributed by atoms with Crippen LogP contribution < -0.4 is 10.2 Å². The summed E-state index contributed by atoms with van der Waals surface area (Å²) in [4.78, 5) is 25.0. The largest absolute Gasteiger partial charge is 0.433 e. The second-order valence-electron chi connectivity index (χ2n) is 8.63. The van der Waals surface area contributed by atoms with Crippen LogP contribution in [0.15, 0.2) is 18.3 Å². The molecule has 0 saturated carbocycles. The summed E-state index contributed by atoms with van der Waals surface area (Å²) in [6.07, 6.45) is -1.76. The maximum absolute atomic E-state index is 12.9. The van der Waals surface area contributed by atoms with Crippen LogP contribution in [-0.2, 0) is 37.0 Å². The molecule has 10 heteroatoms. The third kappa shape index (κ3) is 4.15. The van der Waals surface area contributed by atoms with Gasteiger partial charge in [0.2, 0.25) is 5.91 Å². The number of fused-ring (bicyclic) bond motifs is 3. The highest BCUT2D eigenvalue weighted by atomic mass is 35.5. The van der Waals surface area contributed by atoms with E-state index >= 15 is 0 Å². The Morgan fingerprint density at radius 3 is 2.66 bits per heavy atom. The molecule has 32 heavy (non-hydrogen) atoms. The molecular weight excluding hydrogens is 443 g/mol. The molecule has 2 aromatic heterocycles. The van der Waals surface area contributed by atoms with E-state index in [0.29, 0.717) is 38.3 Å². The van der Waals surface area contributed by atoms with Crippen LogP contribution in [0.5, 0.6) is 0 Å². The molecule has 0 aromatic carbocycles. The summed E-state index contributed by atoms with van der Waals surface area (Å²) in [6, 6.07) is 2.44. The highest BCUT2D eigenvalue weighted by Gasteiger charge is 2.35. The Morgan fingerprint density at radius 1 is 1.19 bits per heavy atom. The van der Waals surface area contributed by atoms with Crippen LogP contribution in [-0.4, -0.2) is 40.4 Å². The molecule has 0 unspecified atom stereocenters. The Bertz CT molecular complexity index is 1020. The Labute approximate surface area is 190 Å². The van der Waals surface area contributed by atoms with E-state index in [9.17, 15) is 18.0 Å². The lowest BCUT2D eigenvalue weighted by atomic mass is 9.94. The van der Waals surface area contributed by atoms with E-state index in [1.54, 1.807) is 0 Å². The van der Waals surface area contributed by atoms with Gasteiger partial charge in [-0.25, -0.2) is 4.98 Å². The average Bonchev–Trinajstić information content (AvgIpc) is 3.14. The fourth-order valence-corrected chi connectivity index (χ4v) is 4.82. The van der Waals surface area contributed by atoms with Gasteiger partial charge in [-0.3, -0.25) is 9.78 Å². The fraction of sp³-hybridized carbons (Fsp3) is 0.500. The van der Waals surface area contributed by atoms with Gasteiger partial charge in [-0.2, -0.15) is 13.2 Å². The van der Waals surface area contributed by atoms with E-state index in [2.05, 4.69) is 10.3 Å². The first-order valence-electron chi connectivity index (χ1n) is 10.6. The number of aromatic nitrogens is 2. The van der Waals surface area contributed by atoms with Crippen molar-refractivity contribution in [2.75, 3.05) is 24.5 Å². The summed E-state index contributed by atoms with van der Waals surface area (Å²) >= 11 is 0. The molecule has 5 rings (SSSR count). The van der Waals surface area contributed by atoms with Gasteiger partial charge >= 0.3 is 6.18 Å². The zero-order valence-electron chi connectivity index (χ0n) is 17.7. The van der Waals surface area contributed by atoms with Crippen molar-refractivity contribution in [1.82, 2.24) is 20.2 Å². The van der Waals surface area contributed by atoms with Crippen LogP contribution in [0.25, 0.3) is 0 Å². The molecule has 172 valence electrons. The molecular formula is C22H25ClF3N5O. The minimum atomic E-state index is -4.43. The third-order valence-corrected chi connectivity index (χ3v) is 6.54. The predicted octanol–water partition coefficient (Wildman–Crippen LogP) is 3.24.